The molecule has 1 aromatic carbocycles. The summed E-state index contributed by atoms with van der Waals surface area (Å²) in [6.07, 6.45) is -0.595. The Balaban J connectivity index is 3.43. The van der Waals surface area contributed by atoms with Crippen molar-refractivity contribution in [3.63, 3.8) is 0 Å². The molecule has 102 valence electrons. The second kappa shape index (κ2) is 5.27. The van der Waals surface area contributed by atoms with Crippen molar-refractivity contribution in [3.8, 4) is 5.75 Å². The highest BCUT2D eigenvalue weighted by Gasteiger charge is 2.29. The van der Waals surface area contributed by atoms with Crippen molar-refractivity contribution in [1.29, 1.82) is 0 Å². The average molecular weight is 271 g/mol. The monoisotopic (exact) mass is 271 g/mol. The van der Waals surface area contributed by atoms with Crippen LogP contribution in [0.4, 0.5) is 11.4 Å². The molecule has 0 radical (unpaired) electrons. The van der Waals surface area contributed by atoms with Gasteiger partial charge in [0.2, 0.25) is 0 Å². The van der Waals surface area contributed by atoms with Crippen LogP contribution in [0.3, 0.4) is 0 Å². The number of carboxylic acids is 1. The molecule has 1 aromatic rings. The molecular formula is C9H9N3O7. The van der Waals surface area contributed by atoms with Crippen molar-refractivity contribution in [2.24, 2.45) is 5.73 Å². The van der Waals surface area contributed by atoms with Gasteiger partial charge in [0, 0.05) is 6.42 Å². The largest absolute Gasteiger partial charge is 0.507 e. The second-order valence-electron chi connectivity index (χ2n) is 3.63. The number of nitro benzene ring substituents is 2. The lowest BCUT2D eigenvalue weighted by molar-refractivity contribution is -0.395. The lowest BCUT2D eigenvalue weighted by atomic mass is 10.0. The summed E-state index contributed by atoms with van der Waals surface area (Å²) in [4.78, 5) is 30.3. The molecule has 0 heterocycles. The maximum atomic E-state index is 10.8. The first-order chi connectivity index (χ1) is 8.73. The van der Waals surface area contributed by atoms with Crippen molar-refractivity contribution in [1.82, 2.24) is 0 Å². The Bertz CT molecular complexity index is 522. The van der Waals surface area contributed by atoms with Crippen LogP contribution in [0, 0.1) is 20.2 Å². The molecule has 0 amide bonds. The van der Waals surface area contributed by atoms with Crippen LogP contribution in [0.1, 0.15) is 5.56 Å². The summed E-state index contributed by atoms with van der Waals surface area (Å²) in [6, 6.07) is -0.115. The normalized spacial score (nSPS) is 11.8. The van der Waals surface area contributed by atoms with Crippen molar-refractivity contribution in [2.75, 3.05) is 0 Å². The lowest BCUT2D eigenvalue weighted by Crippen LogP contribution is -2.32. The van der Waals surface area contributed by atoms with Gasteiger partial charge in [-0.05, 0) is 0 Å². The predicted molar refractivity (Wildman–Crippen MR) is 60.7 cm³/mol. The number of benzene rings is 1. The van der Waals surface area contributed by atoms with E-state index in [0.29, 0.717) is 12.1 Å². The van der Waals surface area contributed by atoms with Crippen LogP contribution in [0.25, 0.3) is 0 Å². The number of carboxylic acid groups (broad SMARTS) is 1. The van der Waals surface area contributed by atoms with Gasteiger partial charge in [-0.3, -0.25) is 25.0 Å². The number of rotatable bonds is 5. The van der Waals surface area contributed by atoms with Crippen molar-refractivity contribution in [3.05, 3.63) is 37.9 Å². The number of hydrogen-bond acceptors (Lipinski definition) is 7. The third-order valence-electron chi connectivity index (χ3n) is 2.32. The summed E-state index contributed by atoms with van der Waals surface area (Å²) < 4.78 is 0. The highest BCUT2D eigenvalue weighted by atomic mass is 16.6. The van der Waals surface area contributed by atoms with E-state index in [-0.39, 0.29) is 0 Å². The number of nitrogens with two attached hydrogens (primary N) is 1. The van der Waals surface area contributed by atoms with Crippen LogP contribution < -0.4 is 5.73 Å². The minimum Gasteiger partial charge on any atom is -0.507 e. The van der Waals surface area contributed by atoms with Crippen LogP contribution in [0.15, 0.2) is 12.1 Å². The number of nitrogens with zero attached hydrogens (tertiary/aromatic N) is 2. The lowest BCUT2D eigenvalue weighted by Gasteiger charge is -2.08. The SMILES string of the molecule is N[C@@H](Cc1c([N+](=O)[O-])cc(O)cc1[N+](=O)[O-])C(=O)O. The molecule has 0 spiro atoms. The van der Waals surface area contributed by atoms with Gasteiger partial charge in [0.25, 0.3) is 11.4 Å². The van der Waals surface area contributed by atoms with E-state index in [4.69, 9.17) is 10.8 Å². The fourth-order valence-corrected chi connectivity index (χ4v) is 1.47. The van der Waals surface area contributed by atoms with Crippen LogP contribution in [-0.4, -0.2) is 32.1 Å². The van der Waals surface area contributed by atoms with E-state index in [1.54, 1.807) is 0 Å². The number of carbonyl (C=O) groups is 1. The summed E-state index contributed by atoms with van der Waals surface area (Å²) in [5.41, 5.74) is 3.28. The smallest absolute Gasteiger partial charge is 0.320 e. The number of hydrogen-bond donors (Lipinski definition) is 3. The zero-order chi connectivity index (χ0) is 14.7. The number of phenols is 1. The van der Waals surface area contributed by atoms with Gasteiger partial charge >= 0.3 is 5.97 Å². The number of nitro groups is 2. The Morgan fingerprint density at radius 1 is 1.26 bits per heavy atom. The quantitative estimate of drug-likeness (QED) is 0.502. The zero-order valence-electron chi connectivity index (χ0n) is 9.35. The zero-order valence-corrected chi connectivity index (χ0v) is 9.35. The molecule has 0 aromatic heterocycles. The molecule has 0 aliphatic carbocycles. The minimum absolute atomic E-state index is 0.442. The van der Waals surface area contributed by atoms with Gasteiger partial charge in [-0.1, -0.05) is 0 Å². The van der Waals surface area contributed by atoms with Gasteiger partial charge in [-0.15, -0.1) is 0 Å². The van der Waals surface area contributed by atoms with Gasteiger partial charge in [0.1, 0.15) is 17.4 Å². The highest BCUT2D eigenvalue weighted by Crippen LogP contribution is 2.33. The Labute approximate surface area is 105 Å². The molecule has 1 atom stereocenters. The Morgan fingerprint density at radius 3 is 2.00 bits per heavy atom. The molecule has 0 saturated heterocycles. The Hall–Kier alpha value is -2.75. The standard InChI is InChI=1S/C9H9N3O7/c10-6(9(14)15)3-5-7(11(16)17)1-4(13)2-8(5)12(18)19/h1-2,6,13H,3,10H2,(H,14,15)/t6-/m0/s1. The van der Waals surface area contributed by atoms with E-state index in [9.17, 15) is 30.1 Å². The first kappa shape index (κ1) is 14.3. The maximum absolute atomic E-state index is 10.8. The summed E-state index contributed by atoms with van der Waals surface area (Å²) >= 11 is 0. The van der Waals surface area contributed by atoms with Gasteiger partial charge < -0.3 is 15.9 Å². The first-order valence-corrected chi connectivity index (χ1v) is 4.87. The molecule has 0 aliphatic heterocycles. The van der Waals surface area contributed by atoms with Crippen molar-refractivity contribution in [2.45, 2.75) is 12.5 Å². The highest BCUT2D eigenvalue weighted by molar-refractivity contribution is 5.74. The summed E-state index contributed by atoms with van der Waals surface area (Å²) in [6.45, 7) is 0. The molecule has 0 aliphatic rings. The van der Waals surface area contributed by atoms with E-state index < -0.39 is 51.0 Å². The molecule has 1 rings (SSSR count). The molecule has 0 unspecified atom stereocenters. The molecule has 4 N–H and O–H groups in total. The molecular weight excluding hydrogens is 262 g/mol. The number of aliphatic carboxylic acids is 1. The van der Waals surface area contributed by atoms with Crippen molar-refractivity contribution >= 4 is 17.3 Å². The fraction of sp³-hybridized carbons (Fsp3) is 0.222. The van der Waals surface area contributed by atoms with E-state index in [0.717, 1.165) is 0 Å². The van der Waals surface area contributed by atoms with Gasteiger partial charge in [0.15, 0.2) is 0 Å². The first-order valence-electron chi connectivity index (χ1n) is 4.87. The number of aromatic hydroxyl groups is 1. The van der Waals surface area contributed by atoms with Gasteiger partial charge in [0.05, 0.1) is 22.0 Å². The molecule has 10 heteroatoms. The summed E-state index contributed by atoms with van der Waals surface area (Å²) in [5, 5.41) is 39.4. The Kier molecular flexibility index (Phi) is 3.97. The molecule has 19 heavy (non-hydrogen) atoms. The fourth-order valence-electron chi connectivity index (χ4n) is 1.47. The minimum atomic E-state index is -1.53. The van der Waals surface area contributed by atoms with Crippen LogP contribution >= 0.6 is 0 Å². The second-order valence-corrected chi connectivity index (χ2v) is 3.63. The molecule has 0 fully saturated rings. The van der Waals surface area contributed by atoms with E-state index >= 15 is 0 Å². The summed E-state index contributed by atoms with van der Waals surface area (Å²) in [5.74, 6) is -2.11. The number of phenolic OH excluding ortho intramolecular Hbond substituents is 1. The maximum Gasteiger partial charge on any atom is 0.320 e. The molecule has 0 bridgehead atoms. The third-order valence-corrected chi connectivity index (χ3v) is 2.32. The predicted octanol–water partition coefficient (Wildman–Crippen LogP) is 0.163. The topological polar surface area (TPSA) is 170 Å². The van der Waals surface area contributed by atoms with Crippen LogP contribution in [0.2, 0.25) is 0 Å². The van der Waals surface area contributed by atoms with Gasteiger partial charge in [-0.25, -0.2) is 0 Å². The van der Waals surface area contributed by atoms with E-state index in [2.05, 4.69) is 0 Å². The van der Waals surface area contributed by atoms with E-state index in [1.807, 2.05) is 0 Å². The molecule has 10 nitrogen and oxygen atoms in total. The summed E-state index contributed by atoms with van der Waals surface area (Å²) in [7, 11) is 0. The van der Waals surface area contributed by atoms with Gasteiger partial charge in [-0.2, -0.15) is 0 Å². The van der Waals surface area contributed by atoms with Crippen LogP contribution in [-0.2, 0) is 11.2 Å². The Morgan fingerprint density at radius 2 is 1.68 bits per heavy atom. The van der Waals surface area contributed by atoms with Crippen LogP contribution in [0.5, 0.6) is 5.75 Å². The third kappa shape index (κ3) is 3.13. The molecule has 0 saturated carbocycles. The van der Waals surface area contributed by atoms with Crippen molar-refractivity contribution < 1.29 is 24.9 Å². The van der Waals surface area contributed by atoms with E-state index in [1.165, 1.54) is 0 Å². The average Bonchev–Trinajstić information content (AvgIpc) is 2.29.